The lowest BCUT2D eigenvalue weighted by atomic mass is 10.2. The Balaban J connectivity index is 2.55. The number of guanidine groups is 1. The minimum absolute atomic E-state index is 0.220. The second-order valence-electron chi connectivity index (χ2n) is 4.62. The highest BCUT2D eigenvalue weighted by atomic mass is 32.2. The van der Waals surface area contributed by atoms with Crippen LogP contribution in [0.5, 0.6) is 0 Å². The molecule has 1 rings (SSSR count). The topological polar surface area (TPSA) is 87.8 Å². The van der Waals surface area contributed by atoms with E-state index in [2.05, 4.69) is 9.71 Å². The number of nitrogens with two attached hydrogens (primary N) is 1. The van der Waals surface area contributed by atoms with Gasteiger partial charge in [-0.05, 0) is 32.9 Å². The standard InChI is InChI=1S/C14H24N4O2S/c1-4-18(5-2)14(15)16-10-11-17-21(19,20)13-8-6-12(3)7-9-13/h6-9,17H,4-5,10-11H2,1-3H3,(H2,15,16). The van der Waals surface area contributed by atoms with Crippen molar-refractivity contribution >= 4 is 16.0 Å². The third-order valence-electron chi connectivity index (χ3n) is 3.10. The van der Waals surface area contributed by atoms with Crippen molar-refractivity contribution in [3.63, 3.8) is 0 Å². The number of aryl methyl sites for hydroxylation is 1. The highest BCUT2D eigenvalue weighted by molar-refractivity contribution is 7.89. The third kappa shape index (κ3) is 5.35. The Bertz CT molecular complexity index is 563. The predicted molar refractivity (Wildman–Crippen MR) is 85.8 cm³/mol. The van der Waals surface area contributed by atoms with Gasteiger partial charge in [0, 0.05) is 19.6 Å². The van der Waals surface area contributed by atoms with Crippen molar-refractivity contribution in [3.8, 4) is 0 Å². The van der Waals surface area contributed by atoms with Gasteiger partial charge in [-0.2, -0.15) is 0 Å². The molecule has 0 fully saturated rings. The summed E-state index contributed by atoms with van der Waals surface area (Å²) in [5, 5.41) is 0. The van der Waals surface area contributed by atoms with Crippen LogP contribution in [0, 0.1) is 6.92 Å². The molecule has 0 aliphatic carbocycles. The number of benzene rings is 1. The molecule has 3 N–H and O–H groups in total. The van der Waals surface area contributed by atoms with Gasteiger partial charge in [0.1, 0.15) is 0 Å². The van der Waals surface area contributed by atoms with Gasteiger partial charge in [0.05, 0.1) is 11.4 Å². The summed E-state index contributed by atoms with van der Waals surface area (Å²) in [5.74, 6) is 0.439. The van der Waals surface area contributed by atoms with E-state index in [4.69, 9.17) is 5.73 Å². The molecule has 0 saturated carbocycles. The lowest BCUT2D eigenvalue weighted by Crippen LogP contribution is -2.37. The van der Waals surface area contributed by atoms with E-state index in [1.165, 1.54) is 0 Å². The van der Waals surface area contributed by atoms with Gasteiger partial charge in [0.2, 0.25) is 10.0 Å². The zero-order valence-electron chi connectivity index (χ0n) is 12.8. The highest BCUT2D eigenvalue weighted by Crippen LogP contribution is 2.09. The highest BCUT2D eigenvalue weighted by Gasteiger charge is 2.12. The monoisotopic (exact) mass is 312 g/mol. The molecule has 0 saturated heterocycles. The van der Waals surface area contributed by atoms with Crippen LogP contribution < -0.4 is 10.5 Å². The number of nitrogens with zero attached hydrogens (tertiary/aromatic N) is 2. The van der Waals surface area contributed by atoms with Crippen molar-refractivity contribution < 1.29 is 8.42 Å². The summed E-state index contributed by atoms with van der Waals surface area (Å²) < 4.78 is 26.6. The smallest absolute Gasteiger partial charge is 0.240 e. The van der Waals surface area contributed by atoms with E-state index >= 15 is 0 Å². The maximum atomic E-state index is 12.0. The second kappa shape index (κ2) is 7.99. The predicted octanol–water partition coefficient (Wildman–Crippen LogP) is 0.930. The zero-order chi connectivity index (χ0) is 15.9. The minimum Gasteiger partial charge on any atom is -0.370 e. The second-order valence-corrected chi connectivity index (χ2v) is 6.39. The fraction of sp³-hybridized carbons (Fsp3) is 0.500. The van der Waals surface area contributed by atoms with Gasteiger partial charge in [-0.3, -0.25) is 4.99 Å². The Labute approximate surface area is 127 Å². The van der Waals surface area contributed by atoms with Gasteiger partial charge in [-0.1, -0.05) is 17.7 Å². The number of nitrogens with one attached hydrogen (secondary N) is 1. The fourth-order valence-corrected chi connectivity index (χ4v) is 2.82. The Morgan fingerprint density at radius 3 is 2.33 bits per heavy atom. The number of rotatable bonds is 7. The van der Waals surface area contributed by atoms with Crippen LogP contribution in [0.3, 0.4) is 0 Å². The van der Waals surface area contributed by atoms with Crippen LogP contribution in [-0.2, 0) is 10.0 Å². The molecule has 0 aromatic heterocycles. The summed E-state index contributed by atoms with van der Waals surface area (Å²) >= 11 is 0. The van der Waals surface area contributed by atoms with Gasteiger partial charge in [-0.25, -0.2) is 13.1 Å². The van der Waals surface area contributed by atoms with Crippen molar-refractivity contribution in [1.82, 2.24) is 9.62 Å². The first-order chi connectivity index (χ1) is 9.90. The Hall–Kier alpha value is -1.60. The summed E-state index contributed by atoms with van der Waals surface area (Å²) in [6, 6.07) is 6.71. The van der Waals surface area contributed by atoms with Gasteiger partial charge < -0.3 is 10.6 Å². The molecule has 0 aliphatic heterocycles. The molecule has 0 aliphatic rings. The first-order valence-corrected chi connectivity index (χ1v) is 8.50. The SMILES string of the molecule is CCN(CC)C(N)=NCCNS(=O)(=O)c1ccc(C)cc1. The average Bonchev–Trinajstić information content (AvgIpc) is 2.45. The number of aliphatic imine (C=N–C) groups is 1. The van der Waals surface area contributed by atoms with Crippen LogP contribution in [0.2, 0.25) is 0 Å². The maximum absolute atomic E-state index is 12.0. The van der Waals surface area contributed by atoms with Crippen molar-refractivity contribution in [2.75, 3.05) is 26.2 Å². The quantitative estimate of drug-likeness (QED) is 0.445. The molecule has 1 aromatic rings. The molecular formula is C14H24N4O2S. The van der Waals surface area contributed by atoms with E-state index in [1.807, 2.05) is 25.7 Å². The van der Waals surface area contributed by atoms with Crippen molar-refractivity contribution in [1.29, 1.82) is 0 Å². The Morgan fingerprint density at radius 1 is 1.24 bits per heavy atom. The summed E-state index contributed by atoms with van der Waals surface area (Å²) in [7, 11) is -3.48. The Morgan fingerprint density at radius 2 is 1.81 bits per heavy atom. The van der Waals surface area contributed by atoms with E-state index in [9.17, 15) is 8.42 Å². The molecule has 6 nitrogen and oxygen atoms in total. The molecule has 21 heavy (non-hydrogen) atoms. The molecular weight excluding hydrogens is 288 g/mol. The summed E-state index contributed by atoms with van der Waals surface area (Å²) in [4.78, 5) is 6.34. The third-order valence-corrected chi connectivity index (χ3v) is 4.57. The molecule has 7 heteroatoms. The van der Waals surface area contributed by atoms with E-state index in [-0.39, 0.29) is 11.4 Å². The molecule has 0 radical (unpaired) electrons. The molecule has 0 spiro atoms. The molecule has 0 heterocycles. The van der Waals surface area contributed by atoms with E-state index in [0.717, 1.165) is 18.7 Å². The van der Waals surface area contributed by atoms with E-state index in [0.29, 0.717) is 12.5 Å². The van der Waals surface area contributed by atoms with Crippen LogP contribution >= 0.6 is 0 Å². The largest absolute Gasteiger partial charge is 0.370 e. The first kappa shape index (κ1) is 17.5. The maximum Gasteiger partial charge on any atom is 0.240 e. The Kier molecular flexibility index (Phi) is 6.64. The minimum atomic E-state index is -3.48. The van der Waals surface area contributed by atoms with Crippen LogP contribution in [0.4, 0.5) is 0 Å². The van der Waals surface area contributed by atoms with Crippen molar-refractivity contribution in [2.24, 2.45) is 10.7 Å². The van der Waals surface area contributed by atoms with E-state index < -0.39 is 10.0 Å². The normalized spacial score (nSPS) is 12.4. The van der Waals surface area contributed by atoms with Gasteiger partial charge in [0.25, 0.3) is 0 Å². The summed E-state index contributed by atoms with van der Waals surface area (Å²) in [6.07, 6.45) is 0. The summed E-state index contributed by atoms with van der Waals surface area (Å²) in [5.41, 5.74) is 6.83. The fourth-order valence-electron chi connectivity index (χ4n) is 1.80. The number of hydrogen-bond acceptors (Lipinski definition) is 3. The van der Waals surface area contributed by atoms with Gasteiger partial charge in [0.15, 0.2) is 5.96 Å². The molecule has 0 atom stereocenters. The summed E-state index contributed by atoms with van der Waals surface area (Å²) in [6.45, 7) is 7.99. The number of hydrogen-bond donors (Lipinski definition) is 2. The van der Waals surface area contributed by atoms with Crippen LogP contribution in [0.25, 0.3) is 0 Å². The van der Waals surface area contributed by atoms with Crippen molar-refractivity contribution in [2.45, 2.75) is 25.7 Å². The first-order valence-electron chi connectivity index (χ1n) is 7.02. The van der Waals surface area contributed by atoms with Crippen LogP contribution in [-0.4, -0.2) is 45.5 Å². The van der Waals surface area contributed by atoms with Crippen LogP contribution in [0.15, 0.2) is 34.2 Å². The molecule has 118 valence electrons. The molecule has 0 amide bonds. The lowest BCUT2D eigenvalue weighted by molar-refractivity contribution is 0.458. The molecule has 0 bridgehead atoms. The van der Waals surface area contributed by atoms with E-state index in [1.54, 1.807) is 24.3 Å². The lowest BCUT2D eigenvalue weighted by Gasteiger charge is -2.19. The van der Waals surface area contributed by atoms with Gasteiger partial charge >= 0.3 is 0 Å². The van der Waals surface area contributed by atoms with Gasteiger partial charge in [-0.15, -0.1) is 0 Å². The number of sulfonamides is 1. The molecule has 0 unspecified atom stereocenters. The average molecular weight is 312 g/mol. The van der Waals surface area contributed by atoms with Crippen LogP contribution in [0.1, 0.15) is 19.4 Å². The molecule has 1 aromatic carbocycles. The van der Waals surface area contributed by atoms with Crippen molar-refractivity contribution in [3.05, 3.63) is 29.8 Å². The zero-order valence-corrected chi connectivity index (χ0v) is 13.7.